The van der Waals surface area contributed by atoms with Crippen molar-refractivity contribution in [2.45, 2.75) is 12.6 Å². The van der Waals surface area contributed by atoms with Gasteiger partial charge in [-0.25, -0.2) is 28.3 Å². The number of amides is 2. The second-order valence-corrected chi connectivity index (χ2v) is 6.37. The quantitative estimate of drug-likeness (QED) is 0.623. The number of alkyl carbamates (subject to hydrolysis) is 1. The summed E-state index contributed by atoms with van der Waals surface area (Å²) in [4.78, 5) is 28.4. The van der Waals surface area contributed by atoms with Crippen molar-refractivity contribution in [1.82, 2.24) is 35.1 Å². The number of methoxy groups -OCH3 is 1. The number of hydrogen-bond donors (Lipinski definition) is 1. The summed E-state index contributed by atoms with van der Waals surface area (Å²) in [6, 6.07) is 4.28. The third-order valence-corrected chi connectivity index (χ3v) is 4.35. The van der Waals surface area contributed by atoms with Gasteiger partial charge >= 0.3 is 12.2 Å². The van der Waals surface area contributed by atoms with Crippen LogP contribution in [0.5, 0.6) is 0 Å². The van der Waals surface area contributed by atoms with E-state index in [9.17, 15) is 14.0 Å². The number of carbonyl (C=O) groups excluding carboxylic acids is 2. The van der Waals surface area contributed by atoms with E-state index in [4.69, 9.17) is 4.74 Å². The lowest BCUT2D eigenvalue weighted by Crippen LogP contribution is -2.34. The van der Waals surface area contributed by atoms with Crippen molar-refractivity contribution >= 4 is 17.9 Å². The van der Waals surface area contributed by atoms with Crippen molar-refractivity contribution in [2.75, 3.05) is 25.1 Å². The molecule has 1 aromatic carbocycles. The van der Waals surface area contributed by atoms with Gasteiger partial charge in [-0.3, -0.25) is 4.90 Å². The van der Waals surface area contributed by atoms with Crippen molar-refractivity contribution in [3.8, 4) is 5.69 Å². The summed E-state index contributed by atoms with van der Waals surface area (Å²) in [6.45, 7) is 0.594. The molecule has 30 heavy (non-hydrogen) atoms. The Hall–Kier alpha value is -4.03. The average Bonchev–Trinajstić information content (AvgIpc) is 3.48. The van der Waals surface area contributed by atoms with E-state index < -0.39 is 24.1 Å². The third-order valence-electron chi connectivity index (χ3n) is 4.35. The summed E-state index contributed by atoms with van der Waals surface area (Å²) in [7, 11) is 1.24. The Labute approximate surface area is 169 Å². The van der Waals surface area contributed by atoms with Crippen LogP contribution in [0.15, 0.2) is 37.1 Å². The molecule has 13 heteroatoms. The fourth-order valence-electron chi connectivity index (χ4n) is 2.93. The zero-order chi connectivity index (χ0) is 21.1. The second-order valence-electron chi connectivity index (χ2n) is 6.37. The summed E-state index contributed by atoms with van der Waals surface area (Å²) in [5.74, 6) is -0.589. The van der Waals surface area contributed by atoms with E-state index in [1.54, 1.807) is 16.9 Å². The van der Waals surface area contributed by atoms with Gasteiger partial charge in [-0.15, -0.1) is 5.10 Å². The molecule has 4 rings (SSSR count). The molecule has 0 unspecified atom stereocenters. The van der Waals surface area contributed by atoms with E-state index in [1.165, 1.54) is 41.5 Å². The van der Waals surface area contributed by atoms with Crippen LogP contribution in [0.3, 0.4) is 0 Å². The molecule has 1 N–H and O–H groups in total. The number of carbonyl (C=O) groups is 2. The van der Waals surface area contributed by atoms with Crippen LogP contribution in [-0.4, -0.2) is 68.2 Å². The van der Waals surface area contributed by atoms with Gasteiger partial charge in [-0.05, 0) is 18.2 Å². The molecule has 1 atom stereocenters. The Morgan fingerprint density at radius 3 is 3.03 bits per heavy atom. The number of nitrogens with zero attached hydrogens (tertiary/aromatic N) is 7. The molecule has 0 saturated carbocycles. The topological polar surface area (TPSA) is 129 Å². The monoisotopic (exact) mass is 416 g/mol. The number of halogens is 1. The number of aromatic nitrogens is 6. The van der Waals surface area contributed by atoms with Crippen molar-refractivity contribution in [2.24, 2.45) is 0 Å². The van der Waals surface area contributed by atoms with Crippen LogP contribution in [0.4, 0.5) is 19.7 Å². The Kier molecular flexibility index (Phi) is 5.24. The minimum atomic E-state index is -0.630. The highest BCUT2D eigenvalue weighted by atomic mass is 19.1. The number of rotatable bonds is 6. The normalized spacial score (nSPS) is 15.9. The molecule has 3 aromatic rings. The molecule has 2 amide bonds. The van der Waals surface area contributed by atoms with E-state index in [0.29, 0.717) is 17.9 Å². The Morgan fingerprint density at radius 1 is 1.43 bits per heavy atom. The fraction of sp³-hybridized carbons (Fsp3) is 0.294. The summed E-state index contributed by atoms with van der Waals surface area (Å²) in [6.07, 6.45) is 2.69. The van der Waals surface area contributed by atoms with Crippen LogP contribution >= 0.6 is 0 Å². The number of benzene rings is 1. The molecule has 0 bridgehead atoms. The largest absolute Gasteiger partial charge is 0.453 e. The lowest BCUT2D eigenvalue weighted by molar-refractivity contribution is 0.132. The first-order chi connectivity index (χ1) is 14.5. The predicted octanol–water partition coefficient (Wildman–Crippen LogP) is 0.727. The fourth-order valence-corrected chi connectivity index (χ4v) is 2.93. The molecule has 12 nitrogen and oxygen atoms in total. The summed E-state index contributed by atoms with van der Waals surface area (Å²) in [5, 5.41) is 14.4. The molecule has 1 aliphatic heterocycles. The number of cyclic esters (lactones) is 1. The zero-order valence-electron chi connectivity index (χ0n) is 15.8. The highest BCUT2D eigenvalue weighted by molar-refractivity contribution is 5.90. The molecular formula is C17H17FN8O4. The smallest absolute Gasteiger partial charge is 0.414 e. The second kappa shape index (κ2) is 8.14. The van der Waals surface area contributed by atoms with Crippen molar-refractivity contribution in [1.29, 1.82) is 0 Å². The van der Waals surface area contributed by atoms with Crippen LogP contribution in [0.2, 0.25) is 0 Å². The van der Waals surface area contributed by atoms with Crippen LogP contribution < -0.4 is 10.2 Å². The van der Waals surface area contributed by atoms with Gasteiger partial charge < -0.3 is 14.8 Å². The number of anilines is 1. The minimum Gasteiger partial charge on any atom is -0.453 e. The van der Waals surface area contributed by atoms with Crippen molar-refractivity contribution < 1.29 is 23.5 Å². The van der Waals surface area contributed by atoms with Crippen LogP contribution in [0.1, 0.15) is 5.69 Å². The van der Waals surface area contributed by atoms with Crippen LogP contribution in [-0.2, 0) is 16.0 Å². The first kappa shape index (κ1) is 19.3. The lowest BCUT2D eigenvalue weighted by Gasteiger charge is -2.14. The maximum absolute atomic E-state index is 14.7. The van der Waals surface area contributed by atoms with Gasteiger partial charge in [0.2, 0.25) is 0 Å². The van der Waals surface area contributed by atoms with Gasteiger partial charge in [0.15, 0.2) is 5.82 Å². The molecule has 1 aliphatic rings. The Bertz CT molecular complexity index is 1050. The zero-order valence-corrected chi connectivity index (χ0v) is 15.8. The summed E-state index contributed by atoms with van der Waals surface area (Å²) in [5.41, 5.74) is 1.07. The molecule has 0 aliphatic carbocycles. The van der Waals surface area contributed by atoms with Crippen molar-refractivity contribution in [3.63, 3.8) is 0 Å². The SMILES string of the molecule is COC(=O)NC[C@H]1CN(c2ccc(-n3cc(Cn4cncn4)nn3)c(F)c2)C(=O)O1. The molecule has 2 aromatic heterocycles. The molecule has 1 saturated heterocycles. The van der Waals surface area contributed by atoms with Gasteiger partial charge in [0.25, 0.3) is 0 Å². The van der Waals surface area contributed by atoms with E-state index in [1.807, 2.05) is 0 Å². The van der Waals surface area contributed by atoms with Gasteiger partial charge in [0, 0.05) is 0 Å². The van der Waals surface area contributed by atoms with Crippen molar-refractivity contribution in [3.05, 3.63) is 48.6 Å². The Morgan fingerprint density at radius 2 is 2.30 bits per heavy atom. The molecule has 0 radical (unpaired) electrons. The van der Waals surface area contributed by atoms with E-state index >= 15 is 0 Å². The predicted molar refractivity (Wildman–Crippen MR) is 98.5 cm³/mol. The van der Waals surface area contributed by atoms with Crippen LogP contribution in [0, 0.1) is 5.82 Å². The molecule has 156 valence electrons. The van der Waals surface area contributed by atoms with E-state index in [2.05, 4.69) is 30.4 Å². The molecule has 1 fully saturated rings. The maximum Gasteiger partial charge on any atom is 0.414 e. The first-order valence-electron chi connectivity index (χ1n) is 8.87. The maximum atomic E-state index is 14.7. The van der Waals surface area contributed by atoms with E-state index in [0.717, 1.165) is 0 Å². The summed E-state index contributed by atoms with van der Waals surface area (Å²) < 4.78 is 27.3. The minimum absolute atomic E-state index is 0.0863. The van der Waals surface area contributed by atoms with Gasteiger partial charge in [0.1, 0.15) is 30.1 Å². The number of ether oxygens (including phenoxy) is 2. The highest BCUT2D eigenvalue weighted by Crippen LogP contribution is 2.25. The van der Waals surface area contributed by atoms with E-state index in [-0.39, 0.29) is 18.8 Å². The lowest BCUT2D eigenvalue weighted by atomic mass is 10.2. The van der Waals surface area contributed by atoms with Gasteiger partial charge in [-0.2, -0.15) is 5.10 Å². The third kappa shape index (κ3) is 4.04. The number of nitrogens with one attached hydrogen (secondary N) is 1. The molecular weight excluding hydrogens is 399 g/mol. The number of hydrogen-bond acceptors (Lipinski definition) is 8. The van der Waals surface area contributed by atoms with Crippen LogP contribution in [0.25, 0.3) is 5.69 Å². The highest BCUT2D eigenvalue weighted by Gasteiger charge is 2.33. The molecule has 3 heterocycles. The average molecular weight is 416 g/mol. The van der Waals surface area contributed by atoms with Gasteiger partial charge in [0.05, 0.1) is 38.6 Å². The summed E-state index contributed by atoms with van der Waals surface area (Å²) >= 11 is 0. The van der Waals surface area contributed by atoms with Gasteiger partial charge in [-0.1, -0.05) is 5.21 Å². The Balaban J connectivity index is 1.45. The standard InChI is InChI=1S/C17H17FN8O4/c1-29-16(27)20-5-13-8-25(17(28)30-13)12-2-3-15(14(18)4-12)26-7-11(22-23-26)6-24-10-19-9-21-24/h2-4,7,9-10,13H,5-6,8H2,1H3,(H,20,27)/t13-/m0/s1. The first-order valence-corrected chi connectivity index (χ1v) is 8.87. The molecule has 0 spiro atoms.